The van der Waals surface area contributed by atoms with Crippen molar-refractivity contribution in [2.75, 3.05) is 0 Å². The van der Waals surface area contributed by atoms with Crippen LogP contribution in [0, 0.1) is 46.3 Å². The van der Waals surface area contributed by atoms with Crippen LogP contribution in [0.1, 0.15) is 153 Å². The van der Waals surface area contributed by atoms with Gasteiger partial charge in [-0.25, -0.2) is 0 Å². The average molecular weight is 879 g/mol. The van der Waals surface area contributed by atoms with Gasteiger partial charge >= 0.3 is 0 Å². The van der Waals surface area contributed by atoms with E-state index < -0.39 is 0 Å². The van der Waals surface area contributed by atoms with Crippen LogP contribution in [0.4, 0.5) is 0 Å². The predicted octanol–water partition coefficient (Wildman–Crippen LogP) is 14.9. The van der Waals surface area contributed by atoms with E-state index in [0.717, 1.165) is 0 Å². The molecule has 0 spiro atoms. The maximum Gasteiger partial charge on any atom is 0.0218 e. The molecular weight excluding hydrogens is 824 g/mol. The molecule has 2 aromatic carbocycles. The minimum absolute atomic E-state index is 0.282. The van der Waals surface area contributed by atoms with E-state index in [4.69, 9.17) is 0 Å². The van der Waals surface area contributed by atoms with Crippen LogP contribution in [0.5, 0.6) is 0 Å². The minimum Gasteiger partial charge on any atom is -0.0649 e. The highest BCUT2D eigenvalue weighted by atomic mass is 79.9. The summed E-state index contributed by atoms with van der Waals surface area (Å²) in [5, 5.41) is 0. The molecule has 250 valence electrons. The highest BCUT2D eigenvalue weighted by molar-refractivity contribution is 9.11. The van der Waals surface area contributed by atoms with Crippen molar-refractivity contribution in [1.82, 2.24) is 0 Å². The number of hydrogen-bond donors (Lipinski definition) is 0. The van der Waals surface area contributed by atoms with Crippen molar-refractivity contribution in [1.29, 1.82) is 0 Å². The Hall–Kier alpha value is 0.360. The highest BCUT2D eigenvalue weighted by Crippen LogP contribution is 2.86. The third kappa shape index (κ3) is 4.42. The molecule has 0 saturated heterocycles. The molecule has 0 heterocycles. The normalized spacial score (nSPS) is 45.2. The van der Waals surface area contributed by atoms with Crippen molar-refractivity contribution in [2.24, 2.45) is 32.5 Å². The third-order valence-electron chi connectivity index (χ3n) is 16.5. The molecule has 10 rings (SSSR count). The van der Waals surface area contributed by atoms with Crippen molar-refractivity contribution in [3.8, 4) is 0 Å². The number of rotatable bonds is 7. The summed E-state index contributed by atoms with van der Waals surface area (Å²) in [7, 11) is 0. The molecule has 0 aliphatic heterocycles. The molecular formula is C42H54Br4. The molecule has 0 N–H and O–H groups in total. The first kappa shape index (κ1) is 33.5. The Morgan fingerprint density at radius 2 is 0.674 bits per heavy atom. The smallest absolute Gasteiger partial charge is 0.0218 e. The van der Waals surface area contributed by atoms with Gasteiger partial charge in [0.25, 0.3) is 0 Å². The van der Waals surface area contributed by atoms with Crippen LogP contribution < -0.4 is 0 Å². The summed E-state index contributed by atoms with van der Waals surface area (Å²) in [6.45, 7) is 14.8. The molecule has 4 heteroatoms. The van der Waals surface area contributed by atoms with Crippen molar-refractivity contribution in [3.63, 3.8) is 0 Å². The fraction of sp³-hybridized carbons (Fsp3) is 0.714. The Morgan fingerprint density at radius 3 is 0.913 bits per heavy atom. The lowest BCUT2D eigenvalue weighted by Crippen LogP contribution is -2.72. The second-order valence-electron chi connectivity index (χ2n) is 18.8. The first-order valence-electron chi connectivity index (χ1n) is 18.5. The molecule has 0 aromatic heterocycles. The summed E-state index contributed by atoms with van der Waals surface area (Å²) >= 11 is 16.1. The van der Waals surface area contributed by atoms with Crippen molar-refractivity contribution >= 4 is 63.7 Å². The van der Waals surface area contributed by atoms with Crippen LogP contribution in [-0.2, 0) is 10.8 Å². The van der Waals surface area contributed by atoms with Crippen molar-refractivity contribution < 1.29 is 0 Å². The minimum atomic E-state index is 0.282. The second kappa shape index (κ2) is 10.5. The van der Waals surface area contributed by atoms with Gasteiger partial charge in [-0.3, -0.25) is 0 Å². The fourth-order valence-corrected chi connectivity index (χ4v) is 17.6. The molecule has 8 aliphatic carbocycles. The molecule has 0 amide bonds. The molecule has 8 saturated carbocycles. The highest BCUT2D eigenvalue weighted by Gasteiger charge is 2.77. The first-order chi connectivity index (χ1) is 21.6. The van der Waals surface area contributed by atoms with Gasteiger partial charge in [-0.15, -0.1) is 0 Å². The van der Waals surface area contributed by atoms with Crippen LogP contribution in [0.15, 0.2) is 42.2 Å². The van der Waals surface area contributed by atoms with E-state index in [1.807, 2.05) is 0 Å². The van der Waals surface area contributed by atoms with Crippen molar-refractivity contribution in [2.45, 2.75) is 155 Å². The summed E-state index contributed by atoms with van der Waals surface area (Å²) < 4.78 is 5.16. The van der Waals surface area contributed by atoms with E-state index in [0.29, 0.717) is 32.5 Å². The van der Waals surface area contributed by atoms with Gasteiger partial charge in [-0.2, -0.15) is 0 Å². The van der Waals surface area contributed by atoms with Crippen molar-refractivity contribution in [3.05, 3.63) is 64.4 Å². The maximum absolute atomic E-state index is 4.03. The van der Waals surface area contributed by atoms with E-state index in [9.17, 15) is 0 Å². The number of benzene rings is 2. The third-order valence-corrected chi connectivity index (χ3v) is 19.8. The molecule has 8 fully saturated rings. The van der Waals surface area contributed by atoms with Gasteiger partial charge in [0.05, 0.1) is 0 Å². The topological polar surface area (TPSA) is 0 Å². The Balaban J connectivity index is 1.36. The molecule has 8 bridgehead atoms. The van der Waals surface area contributed by atoms with Crippen LogP contribution in [-0.4, -0.2) is 0 Å². The number of halogens is 4. The van der Waals surface area contributed by atoms with E-state index in [2.05, 4.69) is 130 Å². The standard InChI is InChI=1S/C42H54Br4/c1-7-35-15-36(8-2)18-39(17-35,29-11-31(43)27(5)32(44)12-29)25-41(21-35,22-36)42-23-37(9-3)16-38(10-4,24-42)20-40(19-37,26-42)30-13-33(45)28(6)34(46)14-30/h11-14H,7-10,15-26H2,1-6H3. The average Bonchev–Trinajstić information content (AvgIpc) is 3.01. The van der Waals surface area contributed by atoms with E-state index in [-0.39, 0.29) is 10.8 Å². The van der Waals surface area contributed by atoms with Crippen LogP contribution in [0.2, 0.25) is 0 Å². The lowest BCUT2D eigenvalue weighted by atomic mass is 9.23. The van der Waals surface area contributed by atoms with E-state index in [1.165, 1.54) is 132 Å². The van der Waals surface area contributed by atoms with Gasteiger partial charge in [0, 0.05) is 17.9 Å². The Labute approximate surface area is 313 Å². The van der Waals surface area contributed by atoms with Gasteiger partial charge in [-0.05, 0) is 181 Å². The maximum atomic E-state index is 4.03. The fourth-order valence-electron chi connectivity index (χ4n) is 15.3. The predicted molar refractivity (Wildman–Crippen MR) is 208 cm³/mol. The quantitative estimate of drug-likeness (QED) is 0.260. The zero-order chi connectivity index (χ0) is 32.8. The van der Waals surface area contributed by atoms with E-state index >= 15 is 0 Å². The molecule has 0 radical (unpaired) electrons. The summed E-state index contributed by atoms with van der Waals surface area (Å²) in [6, 6.07) is 10.3. The van der Waals surface area contributed by atoms with Gasteiger partial charge < -0.3 is 0 Å². The van der Waals surface area contributed by atoms with Crippen LogP contribution in [0.3, 0.4) is 0 Å². The summed E-state index contributed by atoms with van der Waals surface area (Å²) in [4.78, 5) is 0. The first-order valence-corrected chi connectivity index (χ1v) is 21.7. The molecule has 46 heavy (non-hydrogen) atoms. The molecule has 2 aromatic rings. The molecule has 8 aliphatic rings. The van der Waals surface area contributed by atoms with Gasteiger partial charge in [-0.1, -0.05) is 117 Å². The largest absolute Gasteiger partial charge is 0.0649 e. The van der Waals surface area contributed by atoms with Crippen LogP contribution in [0.25, 0.3) is 0 Å². The monoisotopic (exact) mass is 874 g/mol. The lowest BCUT2D eigenvalue weighted by Gasteiger charge is -2.81. The molecule has 4 unspecified atom stereocenters. The lowest BCUT2D eigenvalue weighted by molar-refractivity contribution is -0.286. The Bertz CT molecular complexity index is 1410. The summed E-state index contributed by atoms with van der Waals surface area (Å²) in [5.74, 6) is 0. The molecule has 0 nitrogen and oxygen atoms in total. The van der Waals surface area contributed by atoms with Gasteiger partial charge in [0.15, 0.2) is 0 Å². The number of hydrogen-bond acceptors (Lipinski definition) is 0. The van der Waals surface area contributed by atoms with Gasteiger partial charge in [0.1, 0.15) is 0 Å². The second-order valence-corrected chi connectivity index (χ2v) is 22.2. The zero-order valence-electron chi connectivity index (χ0n) is 29.1. The Kier molecular flexibility index (Phi) is 7.62. The van der Waals surface area contributed by atoms with Crippen LogP contribution >= 0.6 is 63.7 Å². The summed E-state index contributed by atoms with van der Waals surface area (Å²) in [6.07, 6.45) is 22.8. The summed E-state index contributed by atoms with van der Waals surface area (Å²) in [5.41, 5.74) is 9.25. The Morgan fingerprint density at radius 1 is 0.413 bits per heavy atom. The van der Waals surface area contributed by atoms with E-state index in [1.54, 1.807) is 11.1 Å². The SMILES string of the molecule is CCC12CC3(CC)CC(c4cc(Br)c(C)c(Br)c4)(C1)CC(C14CC5(CC)CC(CC)(CC(c6cc(Br)c(C)c(Br)c6)(C5)C1)C4)(C2)C3. The van der Waals surface area contributed by atoms with Gasteiger partial charge in [0.2, 0.25) is 0 Å². The zero-order valence-corrected chi connectivity index (χ0v) is 35.5. The molecule has 4 atom stereocenters.